The van der Waals surface area contributed by atoms with Crippen molar-refractivity contribution in [1.29, 1.82) is 0 Å². The fraction of sp³-hybridized carbons (Fsp3) is 0.587. The van der Waals surface area contributed by atoms with Gasteiger partial charge in [0, 0.05) is 61.3 Å². The number of aromatic nitrogens is 5. The lowest BCUT2D eigenvalue weighted by atomic mass is 9.91. The first-order chi connectivity index (χ1) is 45.8. The molecule has 3 saturated carbocycles. The molecule has 6 fully saturated rings. The third kappa shape index (κ3) is 21.4. The molecule has 0 bridgehead atoms. The minimum Gasteiger partial charge on any atom is -0.493 e. The van der Waals surface area contributed by atoms with Gasteiger partial charge in [0.25, 0.3) is 0 Å². The van der Waals surface area contributed by atoms with Crippen LogP contribution in [0.2, 0.25) is 0 Å². The fourth-order valence-corrected chi connectivity index (χ4v) is 13.6. The molecule has 3 saturated heterocycles. The third-order valence-electron chi connectivity index (χ3n) is 19.9. The lowest BCUT2D eigenvalue weighted by Gasteiger charge is -2.31. The number of pyridine rings is 2. The molecule has 3 aliphatic heterocycles. The monoisotopic (exact) mass is 1400 g/mol. The number of hydrogen-bond acceptors (Lipinski definition) is 17. The van der Waals surface area contributed by atoms with Crippen LogP contribution in [0, 0.1) is 47.1 Å². The van der Waals surface area contributed by atoms with Crippen LogP contribution < -0.4 is 19.5 Å². The van der Waals surface area contributed by atoms with E-state index in [0.29, 0.717) is 48.1 Å². The molecule has 8 aromatic rings. The Kier molecular flexibility index (Phi) is 28.4. The van der Waals surface area contributed by atoms with Crippen molar-refractivity contribution in [2.45, 2.75) is 148 Å². The molecule has 0 amide bonds. The highest BCUT2D eigenvalue weighted by Crippen LogP contribution is 2.39. The van der Waals surface area contributed by atoms with E-state index in [0.717, 1.165) is 232 Å². The van der Waals surface area contributed by atoms with Crippen molar-refractivity contribution in [3.05, 3.63) is 130 Å². The SMILES string of the molecule is CN(C)Cc1c(OCC2CC2)ccc2c(CCC3CCN(Cc4ncccc4F)CC3)noc12.CN(C)Cc1c(OCC2CC2)ccc2c(CCC3CCN(Cc4ncccc4F)CC3)noc12.CN(C)Cc1c(OCC2CC2)ccc2c(CCC3CCNCC3)noc12.Cl.Cl.Cl. The topological polar surface area (TPSA) is 160 Å². The van der Waals surface area contributed by atoms with E-state index in [9.17, 15) is 8.78 Å². The summed E-state index contributed by atoms with van der Waals surface area (Å²) >= 11 is 0. The molecule has 3 aliphatic carbocycles. The maximum atomic E-state index is 13.9. The number of benzene rings is 3. The molecule has 6 aliphatic rings. The van der Waals surface area contributed by atoms with Gasteiger partial charge in [-0.2, -0.15) is 0 Å². The minimum absolute atomic E-state index is 0. The minimum atomic E-state index is -0.211. The van der Waals surface area contributed by atoms with Crippen molar-refractivity contribution >= 4 is 70.1 Å². The molecule has 17 nitrogen and oxygen atoms in total. The quantitative estimate of drug-likeness (QED) is 0.0493. The van der Waals surface area contributed by atoms with E-state index in [-0.39, 0.29) is 48.9 Å². The first-order valence-electron chi connectivity index (χ1n) is 35.2. The van der Waals surface area contributed by atoms with Crippen LogP contribution in [-0.2, 0) is 52.0 Å². The second-order valence-corrected chi connectivity index (χ2v) is 28.7. The molecule has 22 heteroatoms. The Balaban J connectivity index is 0.000000170. The smallest absolute Gasteiger partial charge is 0.175 e. The van der Waals surface area contributed by atoms with Crippen LogP contribution in [0.25, 0.3) is 32.9 Å². The number of hydrogen-bond donors (Lipinski definition) is 1. The van der Waals surface area contributed by atoms with Crippen LogP contribution in [0.5, 0.6) is 17.2 Å². The summed E-state index contributed by atoms with van der Waals surface area (Å²) in [6.07, 6.45) is 24.3. The van der Waals surface area contributed by atoms with Crippen LogP contribution in [0.1, 0.15) is 141 Å². The van der Waals surface area contributed by atoms with Crippen LogP contribution in [0.3, 0.4) is 0 Å². The molecular formula is C75H104Cl3F2N11O6. The Bertz CT molecular complexity index is 3530. The number of aryl methyl sites for hydroxylation is 3. The summed E-state index contributed by atoms with van der Waals surface area (Å²) < 4.78 is 63.8. The van der Waals surface area contributed by atoms with E-state index in [1.54, 1.807) is 24.5 Å². The Morgan fingerprint density at radius 1 is 0.423 bits per heavy atom. The third-order valence-corrected chi connectivity index (χ3v) is 19.9. The van der Waals surface area contributed by atoms with Gasteiger partial charge in [-0.25, -0.2) is 8.78 Å². The number of nitrogens with one attached hydrogen (secondary N) is 1. The maximum absolute atomic E-state index is 13.9. The second kappa shape index (κ2) is 36.6. The lowest BCUT2D eigenvalue weighted by molar-refractivity contribution is 0.168. The van der Waals surface area contributed by atoms with Gasteiger partial charge >= 0.3 is 0 Å². The van der Waals surface area contributed by atoms with E-state index in [1.165, 1.54) is 69.9 Å². The van der Waals surface area contributed by atoms with Gasteiger partial charge < -0.3 is 47.8 Å². The van der Waals surface area contributed by atoms with Gasteiger partial charge in [0.2, 0.25) is 0 Å². The zero-order chi connectivity index (χ0) is 64.9. The van der Waals surface area contributed by atoms with Crippen LogP contribution in [0.4, 0.5) is 8.78 Å². The van der Waals surface area contributed by atoms with Gasteiger partial charge in [-0.05, 0) is 293 Å². The number of rotatable bonds is 28. The van der Waals surface area contributed by atoms with E-state index < -0.39 is 0 Å². The molecule has 0 spiro atoms. The highest BCUT2D eigenvalue weighted by atomic mass is 35.5. The molecule has 5 aromatic heterocycles. The summed E-state index contributed by atoms with van der Waals surface area (Å²) in [6.45, 7) is 12.1. The Labute approximate surface area is 591 Å². The highest BCUT2D eigenvalue weighted by Gasteiger charge is 2.29. The van der Waals surface area contributed by atoms with Gasteiger partial charge in [-0.1, -0.05) is 15.5 Å². The fourth-order valence-electron chi connectivity index (χ4n) is 13.6. The number of ether oxygens (including phenoxy) is 3. The standard InChI is InChI=1S/2C27H35FN4O2.C21H31N3O2.3ClH/c2*1-31(2)16-22-26(33-18-20-5-6-20)10-8-21-24(30-34-27(21)22)9-7-19-11-14-32(15-12-19)17-25-23(28)4-3-13-29-25;1-24(2)13-18-20(25-14-16-3-4-16)8-6-17-19(23-26-21(17)18)7-5-15-9-11-22-12-10-15;;;/h2*3-4,8,10,13,19-20H,5-7,9,11-12,14-18H2,1-2H3;6,8,15-16,22H,3-5,7,9-14H2,1-2H3;3*1H. The summed E-state index contributed by atoms with van der Waals surface area (Å²) in [7, 11) is 12.4. The summed E-state index contributed by atoms with van der Waals surface area (Å²) in [4.78, 5) is 19.5. The van der Waals surface area contributed by atoms with Gasteiger partial charge in [-0.3, -0.25) is 19.8 Å². The van der Waals surface area contributed by atoms with E-state index in [4.69, 9.17) is 27.8 Å². The summed E-state index contributed by atoms with van der Waals surface area (Å²) in [5.41, 5.74) is 10.2. The largest absolute Gasteiger partial charge is 0.493 e. The summed E-state index contributed by atoms with van der Waals surface area (Å²) in [6, 6.07) is 19.0. The lowest BCUT2D eigenvalue weighted by Crippen LogP contribution is -2.33. The summed E-state index contributed by atoms with van der Waals surface area (Å²) in [5.74, 6) is 6.66. The zero-order valence-corrected chi connectivity index (χ0v) is 60.4. The molecule has 0 unspecified atom stereocenters. The van der Waals surface area contributed by atoms with Crippen molar-refractivity contribution in [2.24, 2.45) is 35.5 Å². The van der Waals surface area contributed by atoms with Gasteiger partial charge in [0.15, 0.2) is 16.7 Å². The number of halogens is 5. The molecule has 530 valence electrons. The normalized spacial score (nSPS) is 17.4. The van der Waals surface area contributed by atoms with Crippen molar-refractivity contribution in [3.8, 4) is 17.2 Å². The average molecular weight is 1400 g/mol. The molecule has 97 heavy (non-hydrogen) atoms. The predicted octanol–water partition coefficient (Wildman–Crippen LogP) is 15.0. The molecule has 14 rings (SSSR count). The number of fused-ring (bicyclic) bond motifs is 3. The molecule has 0 atom stereocenters. The number of piperidine rings is 3. The number of likely N-dealkylation sites (tertiary alicyclic amines) is 2. The molecule has 8 heterocycles. The first kappa shape index (κ1) is 75.5. The van der Waals surface area contributed by atoms with Crippen molar-refractivity contribution in [3.63, 3.8) is 0 Å². The second-order valence-electron chi connectivity index (χ2n) is 28.7. The Hall–Kier alpha value is -5.74. The first-order valence-corrected chi connectivity index (χ1v) is 35.2. The maximum Gasteiger partial charge on any atom is 0.175 e. The molecule has 0 radical (unpaired) electrons. The highest BCUT2D eigenvalue weighted by molar-refractivity contribution is 5.87. The van der Waals surface area contributed by atoms with E-state index >= 15 is 0 Å². The number of nitrogens with zero attached hydrogens (tertiary/aromatic N) is 10. The van der Waals surface area contributed by atoms with Gasteiger partial charge in [0.05, 0.1) is 65.0 Å². The average Bonchev–Trinajstić information content (AvgIpc) is 1.70. The molecular weight excluding hydrogens is 1300 g/mol. The van der Waals surface area contributed by atoms with Crippen LogP contribution in [-0.4, -0.2) is 151 Å². The molecule has 3 aromatic carbocycles. The Morgan fingerprint density at radius 3 is 1.04 bits per heavy atom. The van der Waals surface area contributed by atoms with Crippen molar-refractivity contribution in [2.75, 3.05) is 101 Å². The van der Waals surface area contributed by atoms with E-state index in [2.05, 4.69) is 134 Å². The predicted molar refractivity (Wildman–Crippen MR) is 386 cm³/mol. The summed E-state index contributed by atoms with van der Waals surface area (Å²) in [5, 5.41) is 20.2. The van der Waals surface area contributed by atoms with E-state index in [1.807, 2.05) is 0 Å². The van der Waals surface area contributed by atoms with Crippen LogP contribution in [0.15, 0.2) is 86.6 Å². The molecule has 1 N–H and O–H groups in total. The van der Waals surface area contributed by atoms with Gasteiger partial charge in [-0.15, -0.1) is 37.2 Å². The zero-order valence-electron chi connectivity index (χ0n) is 57.9. The van der Waals surface area contributed by atoms with Crippen LogP contribution >= 0.6 is 37.2 Å². The Morgan fingerprint density at radius 2 is 0.742 bits per heavy atom. The van der Waals surface area contributed by atoms with Crippen molar-refractivity contribution < 1.29 is 36.6 Å². The van der Waals surface area contributed by atoms with Crippen molar-refractivity contribution in [1.82, 2.24) is 55.3 Å². The van der Waals surface area contributed by atoms with Gasteiger partial charge in [0.1, 0.15) is 28.9 Å².